The first-order valence-electron chi connectivity index (χ1n) is 21.4. The Morgan fingerprint density at radius 1 is 0.468 bits per heavy atom. The summed E-state index contributed by atoms with van der Waals surface area (Å²) in [7, 11) is 0. The van der Waals surface area contributed by atoms with Crippen molar-refractivity contribution in [2.24, 2.45) is 0 Å². The highest BCUT2D eigenvalue weighted by Crippen LogP contribution is 2.54. The van der Waals surface area contributed by atoms with Gasteiger partial charge in [0.25, 0.3) is 0 Å². The van der Waals surface area contributed by atoms with Crippen molar-refractivity contribution < 1.29 is 4.74 Å². The highest BCUT2D eigenvalue weighted by Gasteiger charge is 2.44. The van der Waals surface area contributed by atoms with Gasteiger partial charge in [-0.25, -0.2) is 0 Å². The number of benzene rings is 9. The number of para-hydroxylation sites is 3. The Balaban J connectivity index is 0.932. The summed E-state index contributed by atoms with van der Waals surface area (Å²) in [6.07, 6.45) is 8.70. The van der Waals surface area contributed by atoms with E-state index >= 15 is 0 Å². The van der Waals surface area contributed by atoms with Crippen molar-refractivity contribution in [3.63, 3.8) is 0 Å². The number of nitrogens with zero attached hydrogens (tertiary/aromatic N) is 2. The Kier molecular flexibility index (Phi) is 8.36. The molecular formula is C59H42N2O. The van der Waals surface area contributed by atoms with Crippen LogP contribution in [-0.4, -0.2) is 10.2 Å². The molecule has 0 saturated heterocycles. The van der Waals surface area contributed by atoms with Gasteiger partial charge in [-0.15, -0.1) is 0 Å². The molecule has 10 aromatic rings. The van der Waals surface area contributed by atoms with Crippen LogP contribution in [0.15, 0.2) is 231 Å². The molecule has 2 aliphatic rings. The monoisotopic (exact) mass is 794 g/mol. The fourth-order valence-electron chi connectivity index (χ4n) is 9.81. The van der Waals surface area contributed by atoms with Crippen molar-refractivity contribution in [2.75, 3.05) is 4.90 Å². The van der Waals surface area contributed by atoms with Crippen LogP contribution in [0.2, 0.25) is 0 Å². The fraction of sp³-hybridized carbons (Fsp3) is 0.0508. The second kappa shape index (κ2) is 14.4. The minimum absolute atomic E-state index is 0.145. The highest BCUT2D eigenvalue weighted by atomic mass is 16.5. The summed E-state index contributed by atoms with van der Waals surface area (Å²) in [5.41, 5.74) is 14.6. The van der Waals surface area contributed by atoms with Crippen molar-refractivity contribution in [3.8, 4) is 44.8 Å². The van der Waals surface area contributed by atoms with E-state index in [0.29, 0.717) is 0 Å². The van der Waals surface area contributed by atoms with Crippen LogP contribution in [0.5, 0.6) is 5.75 Å². The third kappa shape index (κ3) is 5.96. The Labute approximate surface area is 361 Å². The fourth-order valence-corrected chi connectivity index (χ4v) is 9.81. The number of fused-ring (bicyclic) bond motifs is 7. The average Bonchev–Trinajstić information content (AvgIpc) is 3.84. The summed E-state index contributed by atoms with van der Waals surface area (Å²) in [6, 6.07) is 74.9. The molecule has 0 spiro atoms. The molecule has 0 amide bonds. The van der Waals surface area contributed by atoms with Crippen molar-refractivity contribution in [3.05, 3.63) is 236 Å². The van der Waals surface area contributed by atoms with E-state index in [1.54, 1.807) is 0 Å². The third-order valence-corrected chi connectivity index (χ3v) is 12.9. The summed E-state index contributed by atoms with van der Waals surface area (Å²) in [5, 5.41) is 4.99. The van der Waals surface area contributed by atoms with Crippen molar-refractivity contribution >= 4 is 49.6 Å². The molecule has 0 fully saturated rings. The maximum atomic E-state index is 6.95. The van der Waals surface area contributed by atoms with Gasteiger partial charge in [0, 0.05) is 39.3 Å². The summed E-state index contributed by atoms with van der Waals surface area (Å²) < 4.78 is 9.32. The Bertz CT molecular complexity index is 3390. The van der Waals surface area contributed by atoms with Crippen LogP contribution in [0, 0.1) is 0 Å². The van der Waals surface area contributed by atoms with Gasteiger partial charge in [0.15, 0.2) is 0 Å². The van der Waals surface area contributed by atoms with Crippen LogP contribution < -0.4 is 9.64 Å². The number of hydrogen-bond acceptors (Lipinski definition) is 2. The van der Waals surface area contributed by atoms with Gasteiger partial charge in [0.1, 0.15) is 11.4 Å². The topological polar surface area (TPSA) is 17.4 Å². The van der Waals surface area contributed by atoms with E-state index in [1.807, 2.05) is 0 Å². The molecular weight excluding hydrogens is 753 g/mol. The number of hydrogen-bond donors (Lipinski definition) is 0. The predicted octanol–water partition coefficient (Wildman–Crippen LogP) is 15.8. The summed E-state index contributed by atoms with van der Waals surface area (Å²) in [5.74, 6) is 1.07. The lowest BCUT2D eigenvalue weighted by atomic mass is 9.82. The first kappa shape index (κ1) is 36.0. The van der Waals surface area contributed by atoms with Gasteiger partial charge in [-0.1, -0.05) is 152 Å². The Hall–Kier alpha value is -7.88. The number of ether oxygens (including phenoxy) is 1. The number of rotatable bonds is 7. The van der Waals surface area contributed by atoms with E-state index in [-0.39, 0.29) is 5.92 Å². The standard InChI is InChI=1S/C59H42N2O/c1-59-36-10-9-21-54(59)52-20-12-23-57(58(52)62-59)60(49-31-26-41(27-32-49)44-15-11-16-45(37-44)46-25-24-40-13-5-6-14-43(40)38-46)50-33-28-42(29-34-50)47-30-35-56-53(39-47)51-19-7-8-22-55(51)61(56)48-17-3-2-4-18-48/h2-39,54H,1H3. The molecule has 1 aliphatic carbocycles. The zero-order valence-electron chi connectivity index (χ0n) is 34.3. The van der Waals surface area contributed by atoms with Gasteiger partial charge in [-0.05, 0) is 130 Å². The largest absolute Gasteiger partial charge is 0.480 e. The van der Waals surface area contributed by atoms with E-state index in [1.165, 1.54) is 66.0 Å². The lowest BCUT2D eigenvalue weighted by Gasteiger charge is -2.29. The van der Waals surface area contributed by atoms with Crippen LogP contribution in [0.4, 0.5) is 17.1 Å². The van der Waals surface area contributed by atoms with Crippen LogP contribution in [0.3, 0.4) is 0 Å². The van der Waals surface area contributed by atoms with Crippen LogP contribution in [0.1, 0.15) is 18.4 Å². The molecule has 3 nitrogen and oxygen atoms in total. The van der Waals surface area contributed by atoms with Gasteiger partial charge in [-0.3, -0.25) is 0 Å². The zero-order valence-corrected chi connectivity index (χ0v) is 34.3. The third-order valence-electron chi connectivity index (χ3n) is 12.9. The predicted molar refractivity (Wildman–Crippen MR) is 259 cm³/mol. The van der Waals surface area contributed by atoms with Crippen LogP contribution >= 0.6 is 0 Å². The molecule has 12 rings (SSSR count). The van der Waals surface area contributed by atoms with E-state index in [4.69, 9.17) is 4.74 Å². The molecule has 2 unspecified atom stereocenters. The Morgan fingerprint density at radius 2 is 1.08 bits per heavy atom. The number of anilines is 3. The molecule has 9 aromatic carbocycles. The van der Waals surface area contributed by atoms with Crippen molar-refractivity contribution in [2.45, 2.75) is 18.4 Å². The molecule has 1 aliphatic heterocycles. The molecule has 0 N–H and O–H groups in total. The number of allylic oxidation sites excluding steroid dienone is 2. The lowest BCUT2D eigenvalue weighted by Crippen LogP contribution is -2.32. The number of aromatic nitrogens is 1. The minimum atomic E-state index is -0.440. The normalized spacial score (nSPS) is 16.4. The molecule has 62 heavy (non-hydrogen) atoms. The second-order valence-electron chi connectivity index (χ2n) is 16.7. The smallest absolute Gasteiger partial charge is 0.148 e. The van der Waals surface area contributed by atoms with Gasteiger partial charge in [0.05, 0.1) is 16.7 Å². The quantitative estimate of drug-likeness (QED) is 0.160. The molecule has 1 aromatic heterocycles. The molecule has 2 heterocycles. The summed E-state index contributed by atoms with van der Waals surface area (Å²) >= 11 is 0. The molecule has 0 radical (unpaired) electrons. The first-order valence-corrected chi connectivity index (χ1v) is 21.4. The zero-order chi connectivity index (χ0) is 41.2. The summed E-state index contributed by atoms with van der Waals surface area (Å²) in [6.45, 7) is 2.19. The SMILES string of the molecule is CC12C=CC=CC1c1cccc(N(c3ccc(-c4cccc(-c5ccc6ccccc6c5)c4)cc3)c3ccc(-c4ccc5c(c4)c4ccccc4n5-c4ccccc4)cc3)c1O2. The van der Waals surface area contributed by atoms with E-state index in [9.17, 15) is 0 Å². The first-order chi connectivity index (χ1) is 30.6. The van der Waals surface area contributed by atoms with E-state index in [2.05, 4.69) is 247 Å². The van der Waals surface area contributed by atoms with Gasteiger partial charge >= 0.3 is 0 Å². The van der Waals surface area contributed by atoms with Crippen LogP contribution in [0.25, 0.3) is 71.6 Å². The van der Waals surface area contributed by atoms with Gasteiger partial charge < -0.3 is 14.2 Å². The lowest BCUT2D eigenvalue weighted by molar-refractivity contribution is 0.156. The van der Waals surface area contributed by atoms with Crippen molar-refractivity contribution in [1.82, 2.24) is 4.57 Å². The van der Waals surface area contributed by atoms with Gasteiger partial charge in [-0.2, -0.15) is 0 Å². The molecule has 3 heteroatoms. The highest BCUT2D eigenvalue weighted by molar-refractivity contribution is 6.10. The molecule has 294 valence electrons. The second-order valence-corrected chi connectivity index (χ2v) is 16.7. The van der Waals surface area contributed by atoms with E-state index in [0.717, 1.165) is 34.1 Å². The van der Waals surface area contributed by atoms with Crippen molar-refractivity contribution in [1.29, 1.82) is 0 Å². The average molecular weight is 795 g/mol. The van der Waals surface area contributed by atoms with Crippen LogP contribution in [-0.2, 0) is 0 Å². The van der Waals surface area contributed by atoms with Gasteiger partial charge in [0.2, 0.25) is 0 Å². The molecule has 0 saturated carbocycles. The minimum Gasteiger partial charge on any atom is -0.480 e. The maximum Gasteiger partial charge on any atom is 0.148 e. The molecule has 2 atom stereocenters. The maximum absolute atomic E-state index is 6.95. The van der Waals surface area contributed by atoms with E-state index < -0.39 is 5.60 Å². The molecule has 0 bridgehead atoms. The Morgan fingerprint density at radius 3 is 1.87 bits per heavy atom. The summed E-state index contributed by atoms with van der Waals surface area (Å²) in [4.78, 5) is 2.35.